The highest BCUT2D eigenvalue weighted by Crippen LogP contribution is 2.21. The molecule has 0 aliphatic carbocycles. The van der Waals surface area contributed by atoms with Crippen LogP contribution in [-0.4, -0.2) is 31.5 Å². The first-order valence-electron chi connectivity index (χ1n) is 4.61. The third-order valence-electron chi connectivity index (χ3n) is 1.94. The quantitative estimate of drug-likeness (QED) is 0.751. The van der Waals surface area contributed by atoms with Crippen LogP contribution in [0, 0.1) is 0 Å². The molecule has 0 bridgehead atoms. The van der Waals surface area contributed by atoms with Crippen LogP contribution in [-0.2, 0) is 6.54 Å². The van der Waals surface area contributed by atoms with Crippen molar-refractivity contribution in [2.24, 2.45) is 0 Å². The number of anilines is 2. The van der Waals surface area contributed by atoms with Gasteiger partial charge in [0.2, 0.25) is 0 Å². The number of rotatable bonds is 4. The molecule has 0 saturated heterocycles. The zero-order valence-electron chi connectivity index (χ0n) is 8.34. The molecular formula is C8H10ClN7. The summed E-state index contributed by atoms with van der Waals surface area (Å²) in [5.41, 5.74) is 6.04. The molecule has 8 heteroatoms. The molecule has 84 valence electrons. The minimum absolute atomic E-state index is 0.248. The Morgan fingerprint density at radius 1 is 1.44 bits per heavy atom. The molecule has 16 heavy (non-hydrogen) atoms. The minimum atomic E-state index is 0.248. The number of nitrogens with one attached hydrogen (secondary N) is 1. The van der Waals surface area contributed by atoms with Gasteiger partial charge in [0, 0.05) is 12.7 Å². The summed E-state index contributed by atoms with van der Waals surface area (Å²) in [5, 5.41) is 10.8. The van der Waals surface area contributed by atoms with E-state index in [-0.39, 0.29) is 5.15 Å². The van der Waals surface area contributed by atoms with Crippen LogP contribution in [0.15, 0.2) is 18.7 Å². The number of halogens is 1. The van der Waals surface area contributed by atoms with Crippen molar-refractivity contribution in [3.05, 3.63) is 23.9 Å². The largest absolute Gasteiger partial charge is 0.393 e. The molecule has 0 aliphatic heterocycles. The molecule has 3 N–H and O–H groups in total. The predicted molar refractivity (Wildman–Crippen MR) is 60.0 cm³/mol. The molecule has 0 atom stereocenters. The molecule has 0 spiro atoms. The Balaban J connectivity index is 1.92. The molecular weight excluding hydrogens is 230 g/mol. The van der Waals surface area contributed by atoms with Gasteiger partial charge in [-0.3, -0.25) is 4.68 Å². The van der Waals surface area contributed by atoms with Crippen LogP contribution in [0.1, 0.15) is 0 Å². The van der Waals surface area contributed by atoms with Crippen LogP contribution in [0.2, 0.25) is 5.15 Å². The summed E-state index contributed by atoms with van der Waals surface area (Å²) in [4.78, 5) is 7.74. The lowest BCUT2D eigenvalue weighted by Gasteiger charge is -2.07. The average molecular weight is 240 g/mol. The molecule has 2 aromatic rings. The van der Waals surface area contributed by atoms with Crippen molar-refractivity contribution in [1.82, 2.24) is 25.0 Å². The van der Waals surface area contributed by atoms with Gasteiger partial charge in [-0.15, -0.1) is 5.10 Å². The van der Waals surface area contributed by atoms with Crippen LogP contribution in [0.5, 0.6) is 0 Å². The Morgan fingerprint density at radius 2 is 2.31 bits per heavy atom. The van der Waals surface area contributed by atoms with E-state index in [0.29, 0.717) is 24.6 Å². The minimum Gasteiger partial charge on any atom is -0.393 e. The van der Waals surface area contributed by atoms with E-state index in [1.54, 1.807) is 17.1 Å². The highest BCUT2D eigenvalue weighted by Gasteiger charge is 2.04. The fraction of sp³-hybridized carbons (Fsp3) is 0.250. The topological polar surface area (TPSA) is 94.5 Å². The predicted octanol–water partition coefficient (Wildman–Crippen LogP) is 0.416. The summed E-state index contributed by atoms with van der Waals surface area (Å²) in [6.45, 7) is 1.29. The van der Waals surface area contributed by atoms with E-state index in [1.165, 1.54) is 6.33 Å². The maximum absolute atomic E-state index is 5.75. The number of aromatic nitrogens is 5. The molecule has 0 unspecified atom stereocenters. The van der Waals surface area contributed by atoms with Crippen LogP contribution in [0.25, 0.3) is 0 Å². The van der Waals surface area contributed by atoms with E-state index in [9.17, 15) is 0 Å². The van der Waals surface area contributed by atoms with E-state index >= 15 is 0 Å². The molecule has 0 saturated carbocycles. The summed E-state index contributed by atoms with van der Waals surface area (Å²) in [5.74, 6) is 0.528. The van der Waals surface area contributed by atoms with E-state index in [2.05, 4.69) is 25.6 Å². The lowest BCUT2D eigenvalue weighted by molar-refractivity contribution is 0.608. The van der Waals surface area contributed by atoms with Crippen molar-refractivity contribution >= 4 is 23.1 Å². The fourth-order valence-corrected chi connectivity index (χ4v) is 1.29. The van der Waals surface area contributed by atoms with E-state index in [1.807, 2.05) is 0 Å². The molecule has 0 fully saturated rings. The van der Waals surface area contributed by atoms with Crippen LogP contribution in [0.3, 0.4) is 0 Å². The fourth-order valence-electron chi connectivity index (χ4n) is 1.16. The number of nitrogen functional groups attached to an aromatic ring is 1. The molecule has 0 aromatic carbocycles. The summed E-state index contributed by atoms with van der Waals surface area (Å²) >= 11 is 5.75. The van der Waals surface area contributed by atoms with Gasteiger partial charge in [0.05, 0.1) is 12.7 Å². The molecule has 2 aromatic heterocycles. The van der Waals surface area contributed by atoms with Crippen molar-refractivity contribution < 1.29 is 0 Å². The Bertz CT molecular complexity index is 455. The first-order chi connectivity index (χ1) is 7.77. The van der Waals surface area contributed by atoms with Gasteiger partial charge in [0.25, 0.3) is 0 Å². The van der Waals surface area contributed by atoms with Gasteiger partial charge < -0.3 is 11.1 Å². The van der Waals surface area contributed by atoms with Gasteiger partial charge in [0.15, 0.2) is 11.0 Å². The van der Waals surface area contributed by atoms with Crippen molar-refractivity contribution in [3.63, 3.8) is 0 Å². The highest BCUT2D eigenvalue weighted by molar-refractivity contribution is 6.32. The van der Waals surface area contributed by atoms with Gasteiger partial charge in [-0.2, -0.15) is 0 Å². The van der Waals surface area contributed by atoms with E-state index in [4.69, 9.17) is 17.3 Å². The smallest absolute Gasteiger partial charge is 0.157 e. The van der Waals surface area contributed by atoms with Gasteiger partial charge in [-0.1, -0.05) is 16.8 Å². The zero-order valence-corrected chi connectivity index (χ0v) is 9.09. The zero-order chi connectivity index (χ0) is 11.4. The highest BCUT2D eigenvalue weighted by atomic mass is 35.5. The number of hydrogen-bond acceptors (Lipinski definition) is 6. The Labute approximate surface area is 96.6 Å². The van der Waals surface area contributed by atoms with Gasteiger partial charge in [-0.25, -0.2) is 9.97 Å². The second kappa shape index (κ2) is 4.75. The molecule has 0 amide bonds. The van der Waals surface area contributed by atoms with Crippen molar-refractivity contribution in [2.75, 3.05) is 17.6 Å². The number of nitrogens with zero attached hydrogens (tertiary/aromatic N) is 5. The van der Waals surface area contributed by atoms with Crippen molar-refractivity contribution in [1.29, 1.82) is 0 Å². The third-order valence-corrected chi connectivity index (χ3v) is 2.24. The Hall–Kier alpha value is -1.89. The van der Waals surface area contributed by atoms with Gasteiger partial charge in [-0.05, 0) is 0 Å². The Morgan fingerprint density at radius 3 is 3.06 bits per heavy atom. The van der Waals surface area contributed by atoms with Crippen LogP contribution >= 0.6 is 11.6 Å². The average Bonchev–Trinajstić information content (AvgIpc) is 2.77. The van der Waals surface area contributed by atoms with E-state index < -0.39 is 0 Å². The molecule has 0 aliphatic rings. The lowest BCUT2D eigenvalue weighted by atomic mass is 10.4. The lowest BCUT2D eigenvalue weighted by Crippen LogP contribution is -2.13. The number of hydrogen-bond donors (Lipinski definition) is 2. The summed E-state index contributed by atoms with van der Waals surface area (Å²) in [6, 6.07) is 0. The normalized spacial score (nSPS) is 10.3. The molecule has 7 nitrogen and oxygen atoms in total. The van der Waals surface area contributed by atoms with Crippen molar-refractivity contribution in [2.45, 2.75) is 6.54 Å². The van der Waals surface area contributed by atoms with E-state index in [0.717, 1.165) is 0 Å². The molecule has 2 rings (SSSR count). The monoisotopic (exact) mass is 239 g/mol. The summed E-state index contributed by atoms with van der Waals surface area (Å²) in [6.07, 6.45) is 4.75. The Kier molecular flexibility index (Phi) is 3.16. The van der Waals surface area contributed by atoms with Crippen LogP contribution < -0.4 is 11.1 Å². The molecule has 2 heterocycles. The molecule has 0 radical (unpaired) electrons. The summed E-state index contributed by atoms with van der Waals surface area (Å²) in [7, 11) is 0. The van der Waals surface area contributed by atoms with Crippen LogP contribution in [0.4, 0.5) is 11.5 Å². The number of nitrogens with two attached hydrogens (primary N) is 1. The second-order valence-electron chi connectivity index (χ2n) is 3.02. The van der Waals surface area contributed by atoms with Crippen molar-refractivity contribution in [3.8, 4) is 0 Å². The maximum atomic E-state index is 5.75. The standard InChI is InChI=1S/C8H10ClN7/c9-7-6(10)8(13-5-12-7)11-1-3-16-4-2-14-15-16/h2,4-5H,1,3,10H2,(H,11,12,13). The van der Waals surface area contributed by atoms with Gasteiger partial charge in [0.1, 0.15) is 12.0 Å². The summed E-state index contributed by atoms with van der Waals surface area (Å²) < 4.78 is 1.70. The first kappa shape index (κ1) is 10.6. The van der Waals surface area contributed by atoms with Gasteiger partial charge >= 0.3 is 0 Å². The third kappa shape index (κ3) is 2.37. The second-order valence-corrected chi connectivity index (χ2v) is 3.38. The maximum Gasteiger partial charge on any atom is 0.157 e. The first-order valence-corrected chi connectivity index (χ1v) is 4.99. The SMILES string of the molecule is Nc1c(Cl)ncnc1NCCn1ccnn1.